The minimum absolute atomic E-state index is 1.07. The molecule has 98 valence electrons. The minimum Gasteiger partial charge on any atom is -0.368 e. The monoisotopic (exact) mass is 316 g/mol. The van der Waals surface area contributed by atoms with Gasteiger partial charge in [0.15, 0.2) is 0 Å². The van der Waals surface area contributed by atoms with Crippen LogP contribution in [0.25, 0.3) is 0 Å². The molecule has 0 atom stereocenters. The lowest BCUT2D eigenvalue weighted by Gasteiger charge is -2.37. The predicted octanol–water partition coefficient (Wildman–Crippen LogP) is 3.78. The fourth-order valence-electron chi connectivity index (χ4n) is 2.53. The molecular weight excluding hydrogens is 300 g/mol. The highest BCUT2D eigenvalue weighted by Crippen LogP contribution is 2.23. The third-order valence-corrected chi connectivity index (χ3v) is 4.07. The summed E-state index contributed by atoms with van der Waals surface area (Å²) in [5.74, 6) is 0. The van der Waals surface area contributed by atoms with Crippen LogP contribution in [0, 0.1) is 0 Å². The summed E-state index contributed by atoms with van der Waals surface area (Å²) in [6, 6.07) is 19.2. The van der Waals surface area contributed by atoms with Crippen LogP contribution in [-0.4, -0.2) is 26.2 Å². The first-order valence-electron chi connectivity index (χ1n) is 6.63. The fraction of sp³-hybridized carbons (Fsp3) is 0.250. The number of piperazine rings is 1. The predicted molar refractivity (Wildman–Crippen MR) is 85.0 cm³/mol. The van der Waals surface area contributed by atoms with Crippen molar-refractivity contribution in [3.8, 4) is 0 Å². The average Bonchev–Trinajstić information content (AvgIpc) is 2.48. The van der Waals surface area contributed by atoms with E-state index in [1.165, 1.54) is 11.4 Å². The molecule has 1 heterocycles. The standard InChI is InChI=1S/C16H17BrN2/c17-14-5-4-8-16(13-14)19-11-9-18(10-12-19)15-6-2-1-3-7-15/h1-8,13H,9-12H2. The SMILES string of the molecule is Brc1cccc(N2CCN(c3ccccc3)CC2)c1. The zero-order chi connectivity index (χ0) is 13.1. The smallest absolute Gasteiger partial charge is 0.0378 e. The normalized spacial score (nSPS) is 15.6. The molecule has 1 fully saturated rings. The van der Waals surface area contributed by atoms with Gasteiger partial charge >= 0.3 is 0 Å². The molecule has 2 aromatic rings. The Balaban J connectivity index is 1.67. The number of rotatable bonds is 2. The van der Waals surface area contributed by atoms with Gasteiger partial charge in [-0.3, -0.25) is 0 Å². The van der Waals surface area contributed by atoms with E-state index in [4.69, 9.17) is 0 Å². The first-order chi connectivity index (χ1) is 9.33. The van der Waals surface area contributed by atoms with E-state index in [1.807, 2.05) is 0 Å². The number of benzene rings is 2. The van der Waals surface area contributed by atoms with Gasteiger partial charge in [-0.05, 0) is 30.3 Å². The molecule has 0 spiro atoms. The molecule has 0 amide bonds. The molecule has 0 aromatic heterocycles. The summed E-state index contributed by atoms with van der Waals surface area (Å²) in [7, 11) is 0. The van der Waals surface area contributed by atoms with Gasteiger partial charge in [0.1, 0.15) is 0 Å². The molecular formula is C16H17BrN2. The molecule has 3 heteroatoms. The first kappa shape index (κ1) is 12.5. The molecule has 19 heavy (non-hydrogen) atoms. The fourth-order valence-corrected chi connectivity index (χ4v) is 2.92. The Hall–Kier alpha value is -1.48. The van der Waals surface area contributed by atoms with Gasteiger partial charge in [-0.25, -0.2) is 0 Å². The first-order valence-corrected chi connectivity index (χ1v) is 7.43. The molecule has 0 N–H and O–H groups in total. The average molecular weight is 317 g/mol. The lowest BCUT2D eigenvalue weighted by atomic mass is 10.2. The van der Waals surface area contributed by atoms with Gasteiger partial charge < -0.3 is 9.80 Å². The summed E-state index contributed by atoms with van der Waals surface area (Å²) in [6.07, 6.45) is 0. The van der Waals surface area contributed by atoms with Crippen LogP contribution >= 0.6 is 15.9 Å². The number of anilines is 2. The van der Waals surface area contributed by atoms with Crippen LogP contribution in [0.3, 0.4) is 0 Å². The number of hydrogen-bond acceptors (Lipinski definition) is 2. The van der Waals surface area contributed by atoms with Crippen molar-refractivity contribution >= 4 is 27.3 Å². The van der Waals surface area contributed by atoms with Gasteiger partial charge in [0.05, 0.1) is 0 Å². The van der Waals surface area contributed by atoms with Crippen molar-refractivity contribution in [2.45, 2.75) is 0 Å². The maximum Gasteiger partial charge on any atom is 0.0378 e. The number of para-hydroxylation sites is 1. The molecule has 1 aliphatic heterocycles. The molecule has 0 saturated carbocycles. The largest absolute Gasteiger partial charge is 0.368 e. The third kappa shape index (κ3) is 2.92. The van der Waals surface area contributed by atoms with Crippen molar-refractivity contribution in [1.82, 2.24) is 0 Å². The summed E-state index contributed by atoms with van der Waals surface area (Å²) < 4.78 is 1.15. The molecule has 3 rings (SSSR count). The van der Waals surface area contributed by atoms with Crippen LogP contribution in [0.4, 0.5) is 11.4 Å². The summed E-state index contributed by atoms with van der Waals surface area (Å²) in [4.78, 5) is 4.90. The van der Waals surface area contributed by atoms with E-state index in [-0.39, 0.29) is 0 Å². The molecule has 0 radical (unpaired) electrons. The summed E-state index contributed by atoms with van der Waals surface area (Å²) in [6.45, 7) is 4.31. The summed E-state index contributed by atoms with van der Waals surface area (Å²) >= 11 is 3.54. The van der Waals surface area contributed by atoms with E-state index in [1.54, 1.807) is 0 Å². The quantitative estimate of drug-likeness (QED) is 0.832. The second-order valence-corrected chi connectivity index (χ2v) is 5.71. The second-order valence-electron chi connectivity index (χ2n) is 4.79. The van der Waals surface area contributed by atoms with Crippen molar-refractivity contribution in [2.24, 2.45) is 0 Å². The Morgan fingerprint density at radius 2 is 1.26 bits per heavy atom. The molecule has 1 saturated heterocycles. The molecule has 1 aliphatic rings. The van der Waals surface area contributed by atoms with E-state index in [2.05, 4.69) is 80.3 Å². The highest BCUT2D eigenvalue weighted by molar-refractivity contribution is 9.10. The van der Waals surface area contributed by atoms with Crippen LogP contribution in [0.2, 0.25) is 0 Å². The molecule has 0 bridgehead atoms. The molecule has 2 nitrogen and oxygen atoms in total. The second kappa shape index (κ2) is 5.66. The van der Waals surface area contributed by atoms with E-state index in [0.717, 1.165) is 30.7 Å². The topological polar surface area (TPSA) is 6.48 Å². The highest BCUT2D eigenvalue weighted by atomic mass is 79.9. The number of halogens is 1. The van der Waals surface area contributed by atoms with E-state index < -0.39 is 0 Å². The Morgan fingerprint density at radius 1 is 0.684 bits per heavy atom. The molecule has 2 aromatic carbocycles. The van der Waals surface area contributed by atoms with Gasteiger partial charge in [-0.2, -0.15) is 0 Å². The highest BCUT2D eigenvalue weighted by Gasteiger charge is 2.17. The van der Waals surface area contributed by atoms with Gasteiger partial charge in [0.2, 0.25) is 0 Å². The van der Waals surface area contributed by atoms with Crippen LogP contribution in [0.5, 0.6) is 0 Å². The minimum atomic E-state index is 1.07. The van der Waals surface area contributed by atoms with Crippen molar-refractivity contribution in [3.63, 3.8) is 0 Å². The van der Waals surface area contributed by atoms with Crippen molar-refractivity contribution < 1.29 is 0 Å². The summed E-state index contributed by atoms with van der Waals surface area (Å²) in [5.41, 5.74) is 2.64. The Bertz CT molecular complexity index is 533. The lowest BCUT2D eigenvalue weighted by Crippen LogP contribution is -2.46. The van der Waals surface area contributed by atoms with Gasteiger partial charge in [0.25, 0.3) is 0 Å². The van der Waals surface area contributed by atoms with Gasteiger partial charge in [0, 0.05) is 42.0 Å². The van der Waals surface area contributed by atoms with Gasteiger partial charge in [-0.1, -0.05) is 40.2 Å². The summed E-state index contributed by atoms with van der Waals surface area (Å²) in [5, 5.41) is 0. The van der Waals surface area contributed by atoms with Crippen LogP contribution in [0.1, 0.15) is 0 Å². The number of hydrogen-bond donors (Lipinski definition) is 0. The van der Waals surface area contributed by atoms with Crippen molar-refractivity contribution in [3.05, 3.63) is 59.1 Å². The Morgan fingerprint density at radius 3 is 1.89 bits per heavy atom. The molecule has 0 aliphatic carbocycles. The van der Waals surface area contributed by atoms with Crippen LogP contribution in [-0.2, 0) is 0 Å². The third-order valence-electron chi connectivity index (χ3n) is 3.57. The maximum atomic E-state index is 3.54. The maximum absolute atomic E-state index is 3.54. The van der Waals surface area contributed by atoms with Crippen LogP contribution < -0.4 is 9.80 Å². The lowest BCUT2D eigenvalue weighted by molar-refractivity contribution is 0.653. The van der Waals surface area contributed by atoms with E-state index in [9.17, 15) is 0 Å². The van der Waals surface area contributed by atoms with Crippen LogP contribution in [0.15, 0.2) is 59.1 Å². The van der Waals surface area contributed by atoms with Gasteiger partial charge in [-0.15, -0.1) is 0 Å². The zero-order valence-corrected chi connectivity index (χ0v) is 12.4. The van der Waals surface area contributed by atoms with Crippen molar-refractivity contribution in [2.75, 3.05) is 36.0 Å². The van der Waals surface area contributed by atoms with E-state index >= 15 is 0 Å². The zero-order valence-electron chi connectivity index (χ0n) is 10.8. The number of nitrogens with zero attached hydrogens (tertiary/aromatic N) is 2. The Labute approximate surface area is 122 Å². The molecule has 0 unspecified atom stereocenters. The Kier molecular flexibility index (Phi) is 3.74. The van der Waals surface area contributed by atoms with E-state index in [0.29, 0.717) is 0 Å². The van der Waals surface area contributed by atoms with Crippen molar-refractivity contribution in [1.29, 1.82) is 0 Å².